The number of aromatic nitrogens is 1. The Bertz CT molecular complexity index is 1090. The van der Waals surface area contributed by atoms with Crippen molar-refractivity contribution in [2.75, 3.05) is 20.8 Å². The van der Waals surface area contributed by atoms with Gasteiger partial charge in [0.2, 0.25) is 4.80 Å². The van der Waals surface area contributed by atoms with E-state index in [-0.39, 0.29) is 0 Å². The summed E-state index contributed by atoms with van der Waals surface area (Å²) in [5, 5.41) is 6.77. The van der Waals surface area contributed by atoms with Crippen LogP contribution in [0.25, 0.3) is 11.3 Å². The molecule has 0 amide bonds. The number of hydrogen-bond donors (Lipinski definition) is 0. The number of benzene rings is 2. The minimum atomic E-state index is 0.499. The van der Waals surface area contributed by atoms with Crippen LogP contribution in [0.3, 0.4) is 0 Å². The maximum absolute atomic E-state index is 5.58. The van der Waals surface area contributed by atoms with Crippen molar-refractivity contribution in [3.63, 3.8) is 0 Å². The van der Waals surface area contributed by atoms with Crippen LogP contribution in [-0.2, 0) is 0 Å². The van der Waals surface area contributed by atoms with Crippen LogP contribution in [0.2, 0.25) is 0 Å². The zero-order valence-electron chi connectivity index (χ0n) is 17.8. The highest BCUT2D eigenvalue weighted by Gasteiger charge is 2.14. The molecule has 1 aromatic heterocycles. The fourth-order valence-electron chi connectivity index (χ4n) is 2.95. The standard InChI is InChI=1S/C24H27N3O2S/c1-6-13-25-24-27(26-15-18-7-9-19(10-8-18)17(2)3)22(16-30-24)21-14-20(28-4)11-12-23(21)29-5/h6-12,14-17H,1,13H2,2-5H3. The molecule has 0 saturated heterocycles. The molecule has 0 N–H and O–H groups in total. The van der Waals surface area contributed by atoms with Crippen LogP contribution >= 0.6 is 11.3 Å². The van der Waals surface area contributed by atoms with E-state index in [2.05, 4.69) is 49.7 Å². The molecule has 0 unspecified atom stereocenters. The highest BCUT2D eigenvalue weighted by molar-refractivity contribution is 7.07. The summed E-state index contributed by atoms with van der Waals surface area (Å²) in [4.78, 5) is 5.38. The summed E-state index contributed by atoms with van der Waals surface area (Å²) in [6.07, 6.45) is 3.62. The van der Waals surface area contributed by atoms with E-state index < -0.39 is 0 Å². The van der Waals surface area contributed by atoms with E-state index in [0.29, 0.717) is 12.5 Å². The molecule has 6 heteroatoms. The summed E-state index contributed by atoms with van der Waals surface area (Å²) < 4.78 is 12.8. The molecule has 1 heterocycles. The summed E-state index contributed by atoms with van der Waals surface area (Å²) in [7, 11) is 3.31. The molecule has 0 aliphatic rings. The Morgan fingerprint density at radius 3 is 2.50 bits per heavy atom. The number of ether oxygens (including phenoxy) is 2. The van der Waals surface area contributed by atoms with E-state index in [9.17, 15) is 0 Å². The van der Waals surface area contributed by atoms with Gasteiger partial charge in [0.25, 0.3) is 0 Å². The van der Waals surface area contributed by atoms with Gasteiger partial charge in [0, 0.05) is 10.9 Å². The molecule has 5 nitrogen and oxygen atoms in total. The summed E-state index contributed by atoms with van der Waals surface area (Å²) in [5.41, 5.74) is 4.10. The van der Waals surface area contributed by atoms with Crippen molar-refractivity contribution in [2.24, 2.45) is 10.1 Å². The van der Waals surface area contributed by atoms with Gasteiger partial charge in [-0.3, -0.25) is 4.99 Å². The van der Waals surface area contributed by atoms with Crippen LogP contribution < -0.4 is 14.3 Å². The Morgan fingerprint density at radius 1 is 1.10 bits per heavy atom. The summed E-state index contributed by atoms with van der Waals surface area (Å²) in [6, 6.07) is 14.2. The molecule has 0 atom stereocenters. The molecule has 2 aromatic carbocycles. The van der Waals surface area contributed by atoms with Crippen LogP contribution in [0, 0.1) is 0 Å². The molecule has 3 rings (SSSR count). The molecule has 0 aliphatic carbocycles. The van der Waals surface area contributed by atoms with Gasteiger partial charge in [-0.15, -0.1) is 17.9 Å². The fourth-order valence-corrected chi connectivity index (χ4v) is 3.79. The van der Waals surface area contributed by atoms with Crippen LogP contribution in [-0.4, -0.2) is 31.7 Å². The van der Waals surface area contributed by atoms with Crippen molar-refractivity contribution in [3.8, 4) is 22.8 Å². The highest BCUT2D eigenvalue weighted by atomic mass is 32.1. The quantitative estimate of drug-likeness (QED) is 0.365. The Hall–Kier alpha value is -3.12. The Kier molecular flexibility index (Phi) is 7.25. The first kappa shape index (κ1) is 21.6. The second kappa shape index (κ2) is 10.1. The van der Waals surface area contributed by atoms with E-state index >= 15 is 0 Å². The molecule has 0 saturated carbocycles. The predicted molar refractivity (Wildman–Crippen MR) is 125 cm³/mol. The van der Waals surface area contributed by atoms with Crippen molar-refractivity contribution in [2.45, 2.75) is 19.8 Å². The molecule has 156 valence electrons. The van der Waals surface area contributed by atoms with Crippen LogP contribution in [0.1, 0.15) is 30.9 Å². The zero-order valence-corrected chi connectivity index (χ0v) is 18.6. The molecule has 0 spiro atoms. The topological polar surface area (TPSA) is 48.1 Å². The molecular weight excluding hydrogens is 394 g/mol. The van der Waals surface area contributed by atoms with Gasteiger partial charge < -0.3 is 9.47 Å². The first-order valence-corrected chi connectivity index (χ1v) is 10.6. The van der Waals surface area contributed by atoms with Crippen molar-refractivity contribution in [1.29, 1.82) is 0 Å². The smallest absolute Gasteiger partial charge is 0.206 e. The minimum absolute atomic E-state index is 0.499. The molecule has 0 fully saturated rings. The molecule has 0 radical (unpaired) electrons. The normalized spacial score (nSPS) is 12.0. The summed E-state index contributed by atoms with van der Waals surface area (Å²) in [6.45, 7) is 8.66. The Labute approximate surface area is 181 Å². The van der Waals surface area contributed by atoms with Crippen LogP contribution in [0.15, 0.2) is 70.6 Å². The molecule has 3 aromatic rings. The lowest BCUT2D eigenvalue weighted by molar-refractivity contribution is 0.404. The number of nitrogens with zero attached hydrogens (tertiary/aromatic N) is 3. The summed E-state index contributed by atoms with van der Waals surface area (Å²) >= 11 is 1.52. The molecule has 0 bridgehead atoms. The van der Waals surface area contributed by atoms with E-state index in [1.54, 1.807) is 20.3 Å². The van der Waals surface area contributed by atoms with Crippen LogP contribution in [0.4, 0.5) is 0 Å². The largest absolute Gasteiger partial charge is 0.497 e. The average Bonchev–Trinajstić information content (AvgIpc) is 3.18. The lowest BCUT2D eigenvalue weighted by Crippen LogP contribution is -2.12. The lowest BCUT2D eigenvalue weighted by Gasteiger charge is -2.11. The zero-order chi connectivity index (χ0) is 21.5. The van der Waals surface area contributed by atoms with Gasteiger partial charge in [0.1, 0.15) is 11.5 Å². The van der Waals surface area contributed by atoms with Gasteiger partial charge in [-0.05, 0) is 35.2 Å². The summed E-state index contributed by atoms with van der Waals surface area (Å²) in [5.74, 6) is 1.99. The van der Waals surface area contributed by atoms with Crippen molar-refractivity contribution in [1.82, 2.24) is 4.68 Å². The lowest BCUT2D eigenvalue weighted by atomic mass is 10.0. The van der Waals surface area contributed by atoms with E-state index in [1.165, 1.54) is 16.9 Å². The minimum Gasteiger partial charge on any atom is -0.497 e. The third kappa shape index (κ3) is 4.89. The fraction of sp³-hybridized carbons (Fsp3) is 0.250. The second-order valence-corrected chi connectivity index (χ2v) is 7.81. The molecule has 0 aliphatic heterocycles. The molecular formula is C24H27N3O2S. The monoisotopic (exact) mass is 421 g/mol. The average molecular weight is 422 g/mol. The third-order valence-electron chi connectivity index (χ3n) is 4.65. The maximum Gasteiger partial charge on any atom is 0.206 e. The van der Waals surface area contributed by atoms with E-state index in [1.807, 2.05) is 34.5 Å². The SMILES string of the molecule is C=CCN=c1scc(-c2cc(OC)ccc2OC)n1N=Cc1ccc(C(C)C)cc1. The third-order valence-corrected chi connectivity index (χ3v) is 5.50. The first-order valence-electron chi connectivity index (χ1n) is 9.76. The number of thiazole rings is 1. The van der Waals surface area contributed by atoms with Gasteiger partial charge in [0.15, 0.2) is 0 Å². The van der Waals surface area contributed by atoms with Gasteiger partial charge in [-0.25, -0.2) is 4.68 Å². The Morgan fingerprint density at radius 2 is 1.87 bits per heavy atom. The maximum atomic E-state index is 5.58. The van der Waals surface area contributed by atoms with Crippen LogP contribution in [0.5, 0.6) is 11.5 Å². The highest BCUT2D eigenvalue weighted by Crippen LogP contribution is 2.33. The van der Waals surface area contributed by atoms with Gasteiger partial charge in [0.05, 0.1) is 32.7 Å². The number of methoxy groups -OCH3 is 2. The second-order valence-electron chi connectivity index (χ2n) is 6.98. The first-order chi connectivity index (χ1) is 14.6. The van der Waals surface area contributed by atoms with E-state index in [0.717, 1.165) is 33.1 Å². The van der Waals surface area contributed by atoms with Crippen molar-refractivity contribution < 1.29 is 9.47 Å². The Balaban J connectivity index is 2.09. The van der Waals surface area contributed by atoms with Gasteiger partial charge in [-0.2, -0.15) is 5.10 Å². The number of rotatable bonds is 8. The predicted octanol–water partition coefficient (Wildman–Crippen LogP) is 5.33. The van der Waals surface area contributed by atoms with Gasteiger partial charge in [-0.1, -0.05) is 44.2 Å². The number of hydrogen-bond acceptors (Lipinski definition) is 5. The van der Waals surface area contributed by atoms with Crippen molar-refractivity contribution in [3.05, 3.63) is 76.4 Å². The van der Waals surface area contributed by atoms with E-state index in [4.69, 9.17) is 14.6 Å². The van der Waals surface area contributed by atoms with Crippen molar-refractivity contribution >= 4 is 17.6 Å². The van der Waals surface area contributed by atoms with Gasteiger partial charge >= 0.3 is 0 Å². The molecule has 30 heavy (non-hydrogen) atoms.